The highest BCUT2D eigenvalue weighted by atomic mass is 35.5. The minimum atomic E-state index is -4.21. The number of hydrogen-bond donors (Lipinski definition) is 1. The van der Waals surface area contributed by atoms with Crippen molar-refractivity contribution in [1.29, 1.82) is 0 Å². The molecule has 0 aliphatic heterocycles. The molecule has 1 unspecified atom stereocenters. The van der Waals surface area contributed by atoms with E-state index < -0.39 is 28.5 Å². The lowest BCUT2D eigenvalue weighted by Crippen LogP contribution is -2.51. The molecule has 3 aromatic carbocycles. The summed E-state index contributed by atoms with van der Waals surface area (Å²) in [6.07, 6.45) is 0.729. The number of ether oxygens (including phenoxy) is 1. The highest BCUT2D eigenvalue weighted by Crippen LogP contribution is 2.27. The maximum absolute atomic E-state index is 13.9. The van der Waals surface area contributed by atoms with Crippen LogP contribution >= 0.6 is 23.2 Å². The predicted octanol–water partition coefficient (Wildman–Crippen LogP) is 5.14. The van der Waals surface area contributed by atoms with E-state index in [1.54, 1.807) is 56.5 Å². The first-order chi connectivity index (χ1) is 18.6. The van der Waals surface area contributed by atoms with Gasteiger partial charge in [0.2, 0.25) is 11.8 Å². The largest absolute Gasteiger partial charge is 0.497 e. The van der Waals surface area contributed by atoms with Gasteiger partial charge in [-0.2, -0.15) is 0 Å². The van der Waals surface area contributed by atoms with Gasteiger partial charge >= 0.3 is 0 Å². The predicted molar refractivity (Wildman–Crippen MR) is 154 cm³/mol. The van der Waals surface area contributed by atoms with Crippen molar-refractivity contribution in [2.75, 3.05) is 24.5 Å². The third kappa shape index (κ3) is 7.88. The number of hydrogen-bond acceptors (Lipinski definition) is 5. The third-order valence-electron chi connectivity index (χ3n) is 6.01. The number of nitrogens with zero attached hydrogens (tertiary/aromatic N) is 2. The summed E-state index contributed by atoms with van der Waals surface area (Å²) in [5.74, 6) is -0.261. The number of rotatable bonds is 12. The zero-order valence-electron chi connectivity index (χ0n) is 21.9. The first kappa shape index (κ1) is 30.3. The summed E-state index contributed by atoms with van der Waals surface area (Å²) >= 11 is 12.1. The fourth-order valence-corrected chi connectivity index (χ4v) is 5.52. The van der Waals surface area contributed by atoms with Crippen LogP contribution in [0.2, 0.25) is 10.0 Å². The number of carbonyl (C=O) groups is 2. The van der Waals surface area contributed by atoms with Gasteiger partial charge < -0.3 is 15.0 Å². The Morgan fingerprint density at radius 1 is 0.974 bits per heavy atom. The highest BCUT2D eigenvalue weighted by Gasteiger charge is 2.32. The average Bonchev–Trinajstić information content (AvgIpc) is 2.93. The van der Waals surface area contributed by atoms with E-state index in [-0.39, 0.29) is 23.0 Å². The molecule has 0 saturated carbocycles. The summed E-state index contributed by atoms with van der Waals surface area (Å²) in [5.41, 5.74) is 0.951. The molecule has 1 atom stereocenters. The lowest BCUT2D eigenvalue weighted by atomic mass is 10.1. The Kier molecular flexibility index (Phi) is 10.6. The smallest absolute Gasteiger partial charge is 0.264 e. The molecule has 2 amide bonds. The number of nitrogens with one attached hydrogen (secondary N) is 1. The number of methoxy groups -OCH3 is 1. The molecule has 0 saturated heterocycles. The molecule has 208 valence electrons. The van der Waals surface area contributed by atoms with Gasteiger partial charge in [0, 0.05) is 23.1 Å². The molecule has 0 aromatic heterocycles. The number of sulfonamides is 1. The van der Waals surface area contributed by atoms with Crippen LogP contribution in [-0.2, 0) is 26.2 Å². The molecular formula is C28H31Cl2N3O5S. The van der Waals surface area contributed by atoms with Gasteiger partial charge in [-0.05, 0) is 73.5 Å². The summed E-state index contributed by atoms with van der Waals surface area (Å²) in [6.45, 7) is 3.51. The number of benzene rings is 3. The first-order valence-electron chi connectivity index (χ1n) is 12.3. The molecule has 0 aliphatic carbocycles. The second-order valence-electron chi connectivity index (χ2n) is 8.78. The Morgan fingerprint density at radius 2 is 1.64 bits per heavy atom. The molecule has 0 aliphatic rings. The summed E-state index contributed by atoms with van der Waals surface area (Å²) < 4.78 is 33.7. The van der Waals surface area contributed by atoms with Crippen LogP contribution in [0.4, 0.5) is 5.69 Å². The Morgan fingerprint density at radius 3 is 2.23 bits per heavy atom. The van der Waals surface area contributed by atoms with E-state index in [9.17, 15) is 18.0 Å². The quantitative estimate of drug-likeness (QED) is 0.314. The van der Waals surface area contributed by atoms with Crippen molar-refractivity contribution in [1.82, 2.24) is 10.2 Å². The molecule has 1 N–H and O–H groups in total. The average molecular weight is 593 g/mol. The van der Waals surface area contributed by atoms with Crippen LogP contribution in [0.25, 0.3) is 0 Å². The standard InChI is InChI=1S/C28H31Cl2N3O5S/c1-4-16-31-28(35)20(2)32(18-21-8-12-25(38-3)13-9-21)27(34)19-33(24-7-5-6-23(30)17-24)39(36,37)26-14-10-22(29)11-15-26/h5-15,17,20H,4,16,18-19H2,1-3H3,(H,31,35). The zero-order valence-corrected chi connectivity index (χ0v) is 24.3. The third-order valence-corrected chi connectivity index (χ3v) is 8.28. The molecular weight excluding hydrogens is 561 g/mol. The molecule has 11 heteroatoms. The molecule has 8 nitrogen and oxygen atoms in total. The number of amides is 2. The van der Waals surface area contributed by atoms with E-state index in [0.717, 1.165) is 16.3 Å². The van der Waals surface area contributed by atoms with Crippen molar-refractivity contribution < 1.29 is 22.7 Å². The molecule has 3 rings (SSSR count). The Balaban J connectivity index is 2.01. The van der Waals surface area contributed by atoms with Gasteiger partial charge in [-0.25, -0.2) is 8.42 Å². The van der Waals surface area contributed by atoms with Crippen molar-refractivity contribution in [2.45, 2.75) is 37.8 Å². The molecule has 0 bridgehead atoms. The van der Waals surface area contributed by atoms with E-state index in [2.05, 4.69) is 5.32 Å². The second-order valence-corrected chi connectivity index (χ2v) is 11.5. The Hall–Kier alpha value is -3.27. The molecule has 0 fully saturated rings. The molecule has 0 radical (unpaired) electrons. The number of anilines is 1. The summed E-state index contributed by atoms with van der Waals surface area (Å²) in [4.78, 5) is 28.1. The monoisotopic (exact) mass is 591 g/mol. The normalized spacial score (nSPS) is 11.9. The summed E-state index contributed by atoms with van der Waals surface area (Å²) in [6, 6.07) is 18.1. The van der Waals surface area contributed by atoms with E-state index in [1.807, 2.05) is 6.92 Å². The van der Waals surface area contributed by atoms with Crippen LogP contribution in [0, 0.1) is 0 Å². The van der Waals surface area contributed by atoms with Crippen LogP contribution in [0.3, 0.4) is 0 Å². The lowest BCUT2D eigenvalue weighted by molar-refractivity contribution is -0.139. The van der Waals surface area contributed by atoms with Crippen LogP contribution in [0.5, 0.6) is 5.75 Å². The highest BCUT2D eigenvalue weighted by molar-refractivity contribution is 7.92. The number of halogens is 2. The fourth-order valence-electron chi connectivity index (χ4n) is 3.80. The fraction of sp³-hybridized carbons (Fsp3) is 0.286. The molecule has 0 spiro atoms. The van der Waals surface area contributed by atoms with Gasteiger partial charge in [0.15, 0.2) is 0 Å². The van der Waals surface area contributed by atoms with Crippen LogP contribution in [0.1, 0.15) is 25.8 Å². The zero-order chi connectivity index (χ0) is 28.6. The van der Waals surface area contributed by atoms with Crippen molar-refractivity contribution >= 4 is 50.7 Å². The second kappa shape index (κ2) is 13.7. The van der Waals surface area contributed by atoms with Crippen molar-refractivity contribution in [3.8, 4) is 5.75 Å². The van der Waals surface area contributed by atoms with Gasteiger partial charge in [-0.3, -0.25) is 13.9 Å². The van der Waals surface area contributed by atoms with E-state index in [0.29, 0.717) is 22.3 Å². The van der Waals surface area contributed by atoms with Crippen molar-refractivity contribution in [3.63, 3.8) is 0 Å². The molecule has 3 aromatic rings. The molecule has 0 heterocycles. The van der Waals surface area contributed by atoms with Gasteiger partial charge in [0.05, 0.1) is 17.7 Å². The maximum atomic E-state index is 13.9. The minimum Gasteiger partial charge on any atom is -0.497 e. The van der Waals surface area contributed by atoms with E-state index in [4.69, 9.17) is 27.9 Å². The van der Waals surface area contributed by atoms with Crippen molar-refractivity contribution in [3.05, 3.63) is 88.4 Å². The van der Waals surface area contributed by atoms with Crippen molar-refractivity contribution in [2.24, 2.45) is 0 Å². The summed E-state index contributed by atoms with van der Waals surface area (Å²) in [5, 5.41) is 3.49. The van der Waals surface area contributed by atoms with E-state index >= 15 is 0 Å². The van der Waals surface area contributed by atoms with Crippen LogP contribution in [-0.4, -0.2) is 51.4 Å². The van der Waals surface area contributed by atoms with Gasteiger partial charge in [-0.1, -0.05) is 48.3 Å². The summed E-state index contributed by atoms with van der Waals surface area (Å²) in [7, 11) is -2.65. The van der Waals surface area contributed by atoms with Crippen LogP contribution in [0.15, 0.2) is 77.7 Å². The minimum absolute atomic E-state index is 0.0462. The van der Waals surface area contributed by atoms with Gasteiger partial charge in [-0.15, -0.1) is 0 Å². The Bertz CT molecular complexity index is 1380. The SMILES string of the molecule is CCCNC(=O)C(C)N(Cc1ccc(OC)cc1)C(=O)CN(c1cccc(Cl)c1)S(=O)(=O)c1ccc(Cl)cc1. The van der Waals surface area contributed by atoms with Crippen LogP contribution < -0.4 is 14.4 Å². The maximum Gasteiger partial charge on any atom is 0.264 e. The van der Waals surface area contributed by atoms with Gasteiger partial charge in [0.1, 0.15) is 18.3 Å². The molecule has 39 heavy (non-hydrogen) atoms. The van der Waals surface area contributed by atoms with Gasteiger partial charge in [0.25, 0.3) is 10.0 Å². The van der Waals surface area contributed by atoms with E-state index in [1.165, 1.54) is 35.2 Å². The first-order valence-corrected chi connectivity index (χ1v) is 14.5. The Labute approximate surface area is 239 Å². The topological polar surface area (TPSA) is 96.0 Å². The lowest BCUT2D eigenvalue weighted by Gasteiger charge is -2.32. The number of carbonyl (C=O) groups excluding carboxylic acids is 2.